The summed E-state index contributed by atoms with van der Waals surface area (Å²) in [6, 6.07) is 0. The third kappa shape index (κ3) is 2.97. The van der Waals surface area contributed by atoms with Crippen molar-refractivity contribution in [2.24, 2.45) is 5.73 Å². The van der Waals surface area contributed by atoms with Crippen LogP contribution >= 0.6 is 0 Å². The first-order valence-corrected chi connectivity index (χ1v) is 3.70. The van der Waals surface area contributed by atoms with E-state index in [1.54, 1.807) is 6.92 Å². The van der Waals surface area contributed by atoms with Crippen molar-refractivity contribution in [1.82, 2.24) is 0 Å². The molecule has 0 aromatic carbocycles. The molecule has 1 aliphatic carbocycles. The fourth-order valence-electron chi connectivity index (χ4n) is 1.33. The number of nitrogens with two attached hydrogens (primary N) is 1. The minimum Gasteiger partial charge on any atom is -1.00 e. The molecule has 0 bridgehead atoms. The molecule has 0 spiro atoms. The van der Waals surface area contributed by atoms with Crippen LogP contribution in [0.15, 0.2) is 11.3 Å². The quantitative estimate of drug-likeness (QED) is 0.477. The second kappa shape index (κ2) is 4.96. The molecule has 0 radical (unpaired) electrons. The Hall–Kier alpha value is 0.210. The Kier molecular flexibility index (Phi) is 5.06. The maximum absolute atomic E-state index is 10.9. The average molecular weight is 163 g/mol. The van der Waals surface area contributed by atoms with Crippen molar-refractivity contribution in [3.63, 3.8) is 0 Å². The summed E-state index contributed by atoms with van der Waals surface area (Å²) in [5.41, 5.74) is 7.32. The Morgan fingerprint density at radius 3 is 2.36 bits per heavy atom. The van der Waals surface area contributed by atoms with Gasteiger partial charge in [0.15, 0.2) is 5.78 Å². The van der Waals surface area contributed by atoms with Crippen LogP contribution < -0.4 is 35.3 Å². The predicted molar refractivity (Wildman–Crippen MR) is 41.5 cm³/mol. The summed E-state index contributed by atoms with van der Waals surface area (Å²) in [5.74, 6) is 0.150. The van der Waals surface area contributed by atoms with Crippen molar-refractivity contribution in [2.75, 3.05) is 0 Å². The Morgan fingerprint density at radius 1 is 1.45 bits per heavy atom. The van der Waals surface area contributed by atoms with E-state index >= 15 is 0 Å². The van der Waals surface area contributed by atoms with Gasteiger partial charge in [-0.1, -0.05) is 0 Å². The number of carbonyl (C=O) groups excluding carboxylic acids is 1. The molecular weight excluding hydrogens is 149 g/mol. The van der Waals surface area contributed by atoms with Crippen LogP contribution in [0.4, 0.5) is 0 Å². The number of rotatable bonds is 1. The molecule has 58 valence electrons. The zero-order valence-corrected chi connectivity index (χ0v) is 9.31. The van der Waals surface area contributed by atoms with E-state index < -0.39 is 0 Å². The van der Waals surface area contributed by atoms with Crippen LogP contribution in [0.1, 0.15) is 34.0 Å². The van der Waals surface area contributed by atoms with Crippen molar-refractivity contribution in [1.29, 1.82) is 0 Å². The summed E-state index contributed by atoms with van der Waals surface area (Å²) in [7, 11) is 0. The molecule has 1 rings (SSSR count). The van der Waals surface area contributed by atoms with Gasteiger partial charge in [0, 0.05) is 11.3 Å². The van der Waals surface area contributed by atoms with E-state index in [0.29, 0.717) is 0 Å². The molecule has 0 aliphatic heterocycles. The summed E-state index contributed by atoms with van der Waals surface area (Å²) in [5, 5.41) is 0. The average Bonchev–Trinajstić information content (AvgIpc) is 1.88. The van der Waals surface area contributed by atoms with Gasteiger partial charge < -0.3 is 7.16 Å². The van der Waals surface area contributed by atoms with Gasteiger partial charge in [-0.3, -0.25) is 4.79 Å². The largest absolute Gasteiger partial charge is 1.00 e. The molecule has 3 heteroatoms. The van der Waals surface area contributed by atoms with Gasteiger partial charge in [0.2, 0.25) is 0 Å². The third-order valence-corrected chi connectivity index (χ3v) is 1.94. The SMILES string of the molecule is CC(=O)C1=C(N)CCCC1.[H-].[Na+]. The first kappa shape index (κ1) is 11.2. The van der Waals surface area contributed by atoms with Crippen LogP contribution in [0.3, 0.4) is 0 Å². The van der Waals surface area contributed by atoms with E-state index in [1.807, 2.05) is 0 Å². The minimum absolute atomic E-state index is 0. The number of hydrogen-bond donors (Lipinski definition) is 1. The summed E-state index contributed by atoms with van der Waals surface area (Å²) < 4.78 is 0. The fraction of sp³-hybridized carbons (Fsp3) is 0.625. The Morgan fingerprint density at radius 2 is 2.00 bits per heavy atom. The number of allylic oxidation sites excluding steroid dienone is 2. The molecule has 0 aromatic heterocycles. The topological polar surface area (TPSA) is 43.1 Å². The van der Waals surface area contributed by atoms with Crippen LogP contribution in [0, 0.1) is 0 Å². The van der Waals surface area contributed by atoms with E-state index in [4.69, 9.17) is 5.73 Å². The fourth-order valence-corrected chi connectivity index (χ4v) is 1.33. The number of hydrogen-bond acceptors (Lipinski definition) is 2. The van der Waals surface area contributed by atoms with Gasteiger partial charge >= 0.3 is 29.6 Å². The third-order valence-electron chi connectivity index (χ3n) is 1.94. The van der Waals surface area contributed by atoms with E-state index in [9.17, 15) is 4.79 Å². The Balaban J connectivity index is 0. The van der Waals surface area contributed by atoms with Crippen molar-refractivity contribution >= 4 is 5.78 Å². The first-order chi connectivity index (χ1) is 4.72. The number of carbonyl (C=O) groups is 1. The van der Waals surface area contributed by atoms with Crippen LogP contribution in [-0.4, -0.2) is 5.78 Å². The molecule has 0 atom stereocenters. The monoisotopic (exact) mass is 163 g/mol. The molecule has 0 aromatic rings. The van der Waals surface area contributed by atoms with Crippen molar-refractivity contribution in [2.45, 2.75) is 32.6 Å². The van der Waals surface area contributed by atoms with E-state index in [-0.39, 0.29) is 36.8 Å². The summed E-state index contributed by atoms with van der Waals surface area (Å²) in [6.45, 7) is 1.59. The van der Waals surface area contributed by atoms with Gasteiger partial charge in [0.25, 0.3) is 0 Å². The first-order valence-electron chi connectivity index (χ1n) is 3.70. The number of Topliss-reactive ketones (excluding diaryl/α,β-unsaturated/α-hetero) is 1. The smallest absolute Gasteiger partial charge is 1.00 e. The number of ketones is 1. The van der Waals surface area contributed by atoms with Gasteiger partial charge in [-0.15, -0.1) is 0 Å². The maximum atomic E-state index is 10.9. The zero-order valence-electron chi connectivity index (χ0n) is 8.31. The minimum atomic E-state index is 0. The van der Waals surface area contributed by atoms with E-state index in [2.05, 4.69) is 0 Å². The van der Waals surface area contributed by atoms with Crippen molar-refractivity contribution in [3.05, 3.63) is 11.3 Å². The molecule has 1 aliphatic rings. The normalized spacial score (nSPS) is 17.5. The predicted octanol–water partition coefficient (Wildman–Crippen LogP) is -1.52. The molecule has 2 nitrogen and oxygen atoms in total. The Labute approximate surface area is 91.0 Å². The van der Waals surface area contributed by atoms with Gasteiger partial charge in [-0.05, 0) is 32.6 Å². The second-order valence-corrected chi connectivity index (χ2v) is 2.77. The summed E-state index contributed by atoms with van der Waals surface area (Å²) >= 11 is 0. The van der Waals surface area contributed by atoms with E-state index in [1.165, 1.54) is 0 Å². The summed E-state index contributed by atoms with van der Waals surface area (Å²) in [6.07, 6.45) is 4.06. The molecule has 0 unspecified atom stereocenters. The van der Waals surface area contributed by atoms with Crippen molar-refractivity contribution < 1.29 is 35.8 Å². The van der Waals surface area contributed by atoms with E-state index in [0.717, 1.165) is 37.0 Å². The molecule has 0 saturated heterocycles. The van der Waals surface area contributed by atoms with Crippen LogP contribution in [0.25, 0.3) is 0 Å². The molecule has 0 heterocycles. The molecule has 11 heavy (non-hydrogen) atoms. The molecule has 0 amide bonds. The van der Waals surface area contributed by atoms with Gasteiger partial charge in [-0.25, -0.2) is 0 Å². The van der Waals surface area contributed by atoms with Gasteiger partial charge in [0.1, 0.15) is 0 Å². The zero-order chi connectivity index (χ0) is 7.56. The molecule has 2 N–H and O–H groups in total. The van der Waals surface area contributed by atoms with Crippen LogP contribution in [-0.2, 0) is 4.79 Å². The molecular formula is C8H14NNaO. The standard InChI is InChI=1S/C8H13NO.Na.H/c1-6(10)7-4-2-3-5-8(7)9;;/h2-5,9H2,1H3;;/q;+1;-1. The Bertz CT molecular complexity index is 191. The second-order valence-electron chi connectivity index (χ2n) is 2.77. The van der Waals surface area contributed by atoms with Crippen LogP contribution in [0.5, 0.6) is 0 Å². The maximum Gasteiger partial charge on any atom is 1.00 e. The van der Waals surface area contributed by atoms with Gasteiger partial charge in [-0.2, -0.15) is 0 Å². The van der Waals surface area contributed by atoms with Crippen molar-refractivity contribution in [3.8, 4) is 0 Å². The summed E-state index contributed by atoms with van der Waals surface area (Å²) in [4.78, 5) is 10.9. The molecule has 0 fully saturated rings. The van der Waals surface area contributed by atoms with Crippen LogP contribution in [0.2, 0.25) is 0 Å². The molecule has 0 saturated carbocycles. The van der Waals surface area contributed by atoms with Gasteiger partial charge in [0.05, 0.1) is 0 Å².